The second kappa shape index (κ2) is 7.87. The Morgan fingerprint density at radius 1 is 1.29 bits per heavy atom. The Bertz CT molecular complexity index is 330. The van der Waals surface area contributed by atoms with E-state index in [4.69, 9.17) is 14.6 Å². The minimum Gasteiger partial charge on any atom is -0.497 e. The summed E-state index contributed by atoms with van der Waals surface area (Å²) in [5.74, 6) is 0.842. The summed E-state index contributed by atoms with van der Waals surface area (Å²) in [7, 11) is 1.65. The lowest BCUT2D eigenvalue weighted by Crippen LogP contribution is -2.11. The molecule has 94 valence electrons. The standard InChI is InChI=1S/C14H20O3/c1-3-4-14(9-10-15)17-11-12-5-7-13(16-2)8-6-12/h3-8,14-15H,9-11H2,1-2H3/b4-3+/t14-/m0/s1. The average Bonchev–Trinajstić information content (AvgIpc) is 2.37. The van der Waals surface area contributed by atoms with Crippen LogP contribution in [0.15, 0.2) is 36.4 Å². The number of hydrogen-bond donors (Lipinski definition) is 1. The Morgan fingerprint density at radius 2 is 2.00 bits per heavy atom. The maximum atomic E-state index is 8.90. The number of hydrogen-bond acceptors (Lipinski definition) is 3. The summed E-state index contributed by atoms with van der Waals surface area (Å²) in [4.78, 5) is 0. The van der Waals surface area contributed by atoms with Gasteiger partial charge in [0.25, 0.3) is 0 Å². The Morgan fingerprint density at radius 3 is 2.53 bits per heavy atom. The van der Waals surface area contributed by atoms with Gasteiger partial charge in [-0.25, -0.2) is 0 Å². The highest BCUT2D eigenvalue weighted by molar-refractivity contribution is 5.26. The van der Waals surface area contributed by atoms with E-state index in [1.54, 1.807) is 7.11 Å². The monoisotopic (exact) mass is 236 g/mol. The van der Waals surface area contributed by atoms with Crippen LogP contribution in [0.1, 0.15) is 18.9 Å². The lowest BCUT2D eigenvalue weighted by molar-refractivity contribution is 0.0543. The zero-order chi connectivity index (χ0) is 12.5. The van der Waals surface area contributed by atoms with Gasteiger partial charge in [-0.3, -0.25) is 0 Å². The van der Waals surface area contributed by atoms with Crippen molar-refractivity contribution in [3.05, 3.63) is 42.0 Å². The molecule has 1 atom stereocenters. The van der Waals surface area contributed by atoms with E-state index in [9.17, 15) is 0 Å². The summed E-state index contributed by atoms with van der Waals surface area (Å²) in [5, 5.41) is 8.90. The topological polar surface area (TPSA) is 38.7 Å². The molecule has 0 saturated heterocycles. The van der Waals surface area contributed by atoms with Crippen LogP contribution in [0.4, 0.5) is 0 Å². The third kappa shape index (κ3) is 5.02. The molecule has 0 heterocycles. The van der Waals surface area contributed by atoms with Gasteiger partial charge in [0.1, 0.15) is 5.75 Å². The summed E-state index contributed by atoms with van der Waals surface area (Å²) in [6, 6.07) is 7.78. The van der Waals surface area contributed by atoms with E-state index in [2.05, 4.69) is 0 Å². The van der Waals surface area contributed by atoms with Gasteiger partial charge >= 0.3 is 0 Å². The van der Waals surface area contributed by atoms with Crippen molar-refractivity contribution in [1.29, 1.82) is 0 Å². The van der Waals surface area contributed by atoms with Crippen LogP contribution in [-0.4, -0.2) is 24.9 Å². The summed E-state index contributed by atoms with van der Waals surface area (Å²) in [6.45, 7) is 2.62. The average molecular weight is 236 g/mol. The van der Waals surface area contributed by atoms with Crippen molar-refractivity contribution in [2.45, 2.75) is 26.1 Å². The molecule has 0 unspecified atom stereocenters. The Labute approximate surface area is 103 Å². The van der Waals surface area contributed by atoms with Crippen LogP contribution in [0.2, 0.25) is 0 Å². The van der Waals surface area contributed by atoms with Crippen molar-refractivity contribution in [2.24, 2.45) is 0 Å². The Kier molecular flexibility index (Phi) is 6.37. The molecule has 0 radical (unpaired) electrons. The van der Waals surface area contributed by atoms with Gasteiger partial charge in [-0.15, -0.1) is 0 Å². The molecule has 0 saturated carbocycles. The molecule has 17 heavy (non-hydrogen) atoms. The van der Waals surface area contributed by atoms with Crippen LogP contribution in [0.5, 0.6) is 5.75 Å². The van der Waals surface area contributed by atoms with Gasteiger partial charge in [0.2, 0.25) is 0 Å². The molecule has 1 aromatic rings. The number of aliphatic hydroxyl groups excluding tert-OH is 1. The minimum absolute atomic E-state index is 0.0212. The fourth-order valence-corrected chi connectivity index (χ4v) is 1.50. The molecule has 0 bridgehead atoms. The van der Waals surface area contributed by atoms with E-state index >= 15 is 0 Å². The summed E-state index contributed by atoms with van der Waals surface area (Å²) >= 11 is 0. The zero-order valence-electron chi connectivity index (χ0n) is 10.4. The molecule has 0 fully saturated rings. The third-order valence-electron chi connectivity index (χ3n) is 2.44. The maximum absolute atomic E-state index is 8.90. The first-order valence-electron chi connectivity index (χ1n) is 5.78. The molecule has 3 heteroatoms. The highest BCUT2D eigenvalue weighted by Gasteiger charge is 2.04. The largest absolute Gasteiger partial charge is 0.497 e. The normalized spacial score (nSPS) is 12.9. The van der Waals surface area contributed by atoms with Crippen LogP contribution in [0.25, 0.3) is 0 Å². The van der Waals surface area contributed by atoms with Gasteiger partial charge in [-0.2, -0.15) is 0 Å². The van der Waals surface area contributed by atoms with Crippen LogP contribution in [0.3, 0.4) is 0 Å². The molecule has 1 aromatic carbocycles. The summed E-state index contributed by atoms with van der Waals surface area (Å²) in [5.41, 5.74) is 1.10. The first kappa shape index (κ1) is 13.7. The maximum Gasteiger partial charge on any atom is 0.118 e. The predicted octanol–water partition coefficient (Wildman–Crippen LogP) is 2.54. The van der Waals surface area contributed by atoms with E-state index < -0.39 is 0 Å². The molecule has 0 aliphatic heterocycles. The summed E-state index contributed by atoms with van der Waals surface area (Å²) < 4.78 is 10.8. The van der Waals surface area contributed by atoms with Gasteiger partial charge in [-0.05, 0) is 24.6 Å². The van der Waals surface area contributed by atoms with Crippen LogP contribution in [0, 0.1) is 0 Å². The molecule has 0 amide bonds. The van der Waals surface area contributed by atoms with Crippen LogP contribution < -0.4 is 4.74 Å². The molecule has 1 N–H and O–H groups in total. The van der Waals surface area contributed by atoms with Gasteiger partial charge < -0.3 is 14.6 Å². The van der Waals surface area contributed by atoms with Gasteiger partial charge in [0.05, 0.1) is 19.8 Å². The van der Waals surface area contributed by atoms with Crippen LogP contribution >= 0.6 is 0 Å². The van der Waals surface area contributed by atoms with Gasteiger partial charge in [-0.1, -0.05) is 24.3 Å². The molecule has 1 rings (SSSR count). The number of allylic oxidation sites excluding steroid dienone is 1. The van der Waals surface area contributed by atoms with Crippen LogP contribution in [-0.2, 0) is 11.3 Å². The second-order valence-electron chi connectivity index (χ2n) is 3.74. The number of rotatable bonds is 7. The third-order valence-corrected chi connectivity index (χ3v) is 2.44. The molecule has 0 aliphatic rings. The molecular weight excluding hydrogens is 216 g/mol. The van der Waals surface area contributed by atoms with E-state index in [-0.39, 0.29) is 12.7 Å². The van der Waals surface area contributed by atoms with Gasteiger partial charge in [0.15, 0.2) is 0 Å². The smallest absolute Gasteiger partial charge is 0.118 e. The van der Waals surface area contributed by atoms with E-state index in [0.29, 0.717) is 13.0 Å². The lowest BCUT2D eigenvalue weighted by atomic mass is 10.2. The number of methoxy groups -OCH3 is 1. The lowest BCUT2D eigenvalue weighted by Gasteiger charge is -2.13. The van der Waals surface area contributed by atoms with E-state index in [1.807, 2.05) is 43.3 Å². The van der Waals surface area contributed by atoms with E-state index in [1.165, 1.54) is 0 Å². The minimum atomic E-state index is -0.0212. The van der Waals surface area contributed by atoms with Crippen molar-refractivity contribution in [3.8, 4) is 5.75 Å². The highest BCUT2D eigenvalue weighted by Crippen LogP contribution is 2.13. The zero-order valence-corrected chi connectivity index (χ0v) is 10.4. The highest BCUT2D eigenvalue weighted by atomic mass is 16.5. The summed E-state index contributed by atoms with van der Waals surface area (Å²) in [6.07, 6.45) is 4.50. The van der Waals surface area contributed by atoms with Crippen molar-refractivity contribution in [3.63, 3.8) is 0 Å². The number of benzene rings is 1. The SMILES string of the molecule is C/C=C/[C@@H](CCO)OCc1ccc(OC)cc1. The second-order valence-corrected chi connectivity index (χ2v) is 3.74. The first-order chi connectivity index (χ1) is 8.30. The molecule has 0 aliphatic carbocycles. The Balaban J connectivity index is 2.46. The first-order valence-corrected chi connectivity index (χ1v) is 5.78. The number of aliphatic hydroxyl groups is 1. The Hall–Kier alpha value is -1.32. The quantitative estimate of drug-likeness (QED) is 0.739. The molecule has 0 spiro atoms. The van der Waals surface area contributed by atoms with E-state index in [0.717, 1.165) is 11.3 Å². The van der Waals surface area contributed by atoms with Crippen molar-refractivity contribution in [2.75, 3.05) is 13.7 Å². The van der Waals surface area contributed by atoms with Crippen molar-refractivity contribution in [1.82, 2.24) is 0 Å². The molecular formula is C14H20O3. The van der Waals surface area contributed by atoms with Crippen molar-refractivity contribution >= 4 is 0 Å². The predicted molar refractivity (Wildman–Crippen MR) is 68.1 cm³/mol. The fourth-order valence-electron chi connectivity index (χ4n) is 1.50. The number of ether oxygens (including phenoxy) is 2. The van der Waals surface area contributed by atoms with Gasteiger partial charge in [0, 0.05) is 13.0 Å². The molecule has 3 nitrogen and oxygen atoms in total. The molecule has 0 aromatic heterocycles. The fraction of sp³-hybridized carbons (Fsp3) is 0.429. The van der Waals surface area contributed by atoms with Crippen molar-refractivity contribution < 1.29 is 14.6 Å².